The Morgan fingerprint density at radius 1 is 1.38 bits per heavy atom. The van der Waals surface area contributed by atoms with E-state index in [1.807, 2.05) is 13.0 Å². The van der Waals surface area contributed by atoms with E-state index in [9.17, 15) is 13.2 Å². The van der Waals surface area contributed by atoms with Crippen LogP contribution in [-0.4, -0.2) is 29.5 Å². The van der Waals surface area contributed by atoms with Gasteiger partial charge in [0.1, 0.15) is 0 Å². The van der Waals surface area contributed by atoms with Crippen LogP contribution in [0.25, 0.3) is 0 Å². The minimum atomic E-state index is -3.85. The maximum atomic E-state index is 12.2. The number of carboxylic acid groups (broad SMARTS) is 1. The molecule has 21 heavy (non-hydrogen) atoms. The largest absolute Gasteiger partial charge is 0.476 e. The topological polar surface area (TPSA) is 97.2 Å². The molecule has 2 aromatic rings. The predicted molar refractivity (Wildman–Crippen MR) is 76.1 cm³/mol. The first-order chi connectivity index (χ1) is 9.79. The lowest BCUT2D eigenvalue weighted by Crippen LogP contribution is -2.13. The van der Waals surface area contributed by atoms with Crippen LogP contribution < -0.4 is 0 Å². The van der Waals surface area contributed by atoms with Crippen molar-refractivity contribution in [2.24, 2.45) is 0 Å². The molecule has 8 heteroatoms. The Morgan fingerprint density at radius 3 is 2.71 bits per heavy atom. The highest BCUT2D eigenvalue weighted by Crippen LogP contribution is 2.18. The summed E-state index contributed by atoms with van der Waals surface area (Å²) in [6.07, 6.45) is 0.973. The number of aromatic carboxylic acids is 1. The first kappa shape index (κ1) is 15.4. The van der Waals surface area contributed by atoms with Gasteiger partial charge in [-0.3, -0.25) is 0 Å². The number of hydrogen-bond donors (Lipinski definition) is 1. The van der Waals surface area contributed by atoms with E-state index in [1.165, 1.54) is 0 Å². The molecule has 0 saturated carbocycles. The zero-order chi connectivity index (χ0) is 15.6. The van der Waals surface area contributed by atoms with Crippen molar-refractivity contribution in [3.8, 4) is 0 Å². The molecular formula is C13H11ClN2O4S. The summed E-state index contributed by atoms with van der Waals surface area (Å²) in [5.74, 6) is -1.72. The first-order valence-electron chi connectivity index (χ1n) is 5.84. The molecule has 1 N–H and O–H groups in total. The van der Waals surface area contributed by atoms with Gasteiger partial charge in [0.05, 0.1) is 17.0 Å². The molecule has 6 nitrogen and oxygen atoms in total. The summed E-state index contributed by atoms with van der Waals surface area (Å²) >= 11 is 5.62. The van der Waals surface area contributed by atoms with Crippen LogP contribution in [0.1, 0.15) is 21.6 Å². The summed E-state index contributed by atoms with van der Waals surface area (Å²) in [4.78, 5) is 18.1. The molecular weight excluding hydrogens is 316 g/mol. The third-order valence-corrected chi connectivity index (χ3v) is 4.38. The number of hydrogen-bond acceptors (Lipinski definition) is 5. The van der Waals surface area contributed by atoms with Crippen molar-refractivity contribution in [1.82, 2.24) is 9.97 Å². The van der Waals surface area contributed by atoms with Crippen LogP contribution in [0.2, 0.25) is 5.02 Å². The van der Waals surface area contributed by atoms with Crippen LogP contribution >= 0.6 is 11.6 Å². The minimum absolute atomic E-state index is 0.211. The Hall–Kier alpha value is -1.99. The van der Waals surface area contributed by atoms with Crippen LogP contribution in [0.4, 0.5) is 0 Å². The van der Waals surface area contributed by atoms with Gasteiger partial charge < -0.3 is 5.11 Å². The van der Waals surface area contributed by atoms with Gasteiger partial charge >= 0.3 is 5.97 Å². The van der Waals surface area contributed by atoms with Gasteiger partial charge in [-0.05, 0) is 12.5 Å². The number of carbonyl (C=O) groups is 1. The van der Waals surface area contributed by atoms with Crippen molar-refractivity contribution in [1.29, 1.82) is 0 Å². The van der Waals surface area contributed by atoms with Crippen LogP contribution in [0.3, 0.4) is 0 Å². The fourth-order valence-electron chi connectivity index (χ4n) is 1.74. The number of nitrogens with zero attached hydrogens (tertiary/aromatic N) is 2. The van der Waals surface area contributed by atoms with Gasteiger partial charge in [0.15, 0.2) is 5.69 Å². The lowest BCUT2D eigenvalue weighted by Gasteiger charge is -2.05. The van der Waals surface area contributed by atoms with Crippen LogP contribution in [0.5, 0.6) is 0 Å². The average molecular weight is 327 g/mol. The summed E-state index contributed by atoms with van der Waals surface area (Å²) in [6.45, 7) is 1.84. The van der Waals surface area contributed by atoms with Gasteiger partial charge in [-0.25, -0.2) is 23.2 Å². The fraction of sp³-hybridized carbons (Fsp3) is 0.154. The smallest absolute Gasteiger partial charge is 0.356 e. The van der Waals surface area contributed by atoms with Gasteiger partial charge in [0, 0.05) is 0 Å². The highest BCUT2D eigenvalue weighted by Gasteiger charge is 2.22. The average Bonchev–Trinajstić information content (AvgIpc) is 2.38. The minimum Gasteiger partial charge on any atom is -0.476 e. The third-order valence-electron chi connectivity index (χ3n) is 2.64. The first-order valence-corrected chi connectivity index (χ1v) is 7.87. The molecule has 1 aromatic heterocycles. The Morgan fingerprint density at radius 2 is 2.10 bits per heavy atom. The molecule has 0 bridgehead atoms. The van der Waals surface area contributed by atoms with Gasteiger partial charge in [-0.1, -0.05) is 41.4 Å². The lowest BCUT2D eigenvalue weighted by molar-refractivity contribution is 0.0689. The molecule has 0 spiro atoms. The molecule has 1 aromatic carbocycles. The second-order valence-electron chi connectivity index (χ2n) is 4.40. The SMILES string of the molecule is Cc1cccc(CS(=O)(=O)c2ncc(Cl)c(C(=O)O)n2)c1. The van der Waals surface area contributed by atoms with Gasteiger partial charge in [0.2, 0.25) is 15.0 Å². The number of halogens is 1. The van der Waals surface area contributed by atoms with Crippen molar-refractivity contribution >= 4 is 27.4 Å². The van der Waals surface area contributed by atoms with E-state index in [2.05, 4.69) is 9.97 Å². The number of rotatable bonds is 4. The monoisotopic (exact) mass is 326 g/mol. The van der Waals surface area contributed by atoms with Gasteiger partial charge in [-0.15, -0.1) is 0 Å². The summed E-state index contributed by atoms with van der Waals surface area (Å²) in [7, 11) is -3.85. The van der Waals surface area contributed by atoms with Crippen molar-refractivity contribution in [3.05, 3.63) is 52.3 Å². The molecule has 1 heterocycles. The van der Waals surface area contributed by atoms with E-state index in [1.54, 1.807) is 18.2 Å². The highest BCUT2D eigenvalue weighted by atomic mass is 35.5. The number of carboxylic acids is 1. The van der Waals surface area contributed by atoms with Crippen LogP contribution in [0, 0.1) is 6.92 Å². The van der Waals surface area contributed by atoms with Crippen molar-refractivity contribution in [3.63, 3.8) is 0 Å². The normalized spacial score (nSPS) is 11.3. The van der Waals surface area contributed by atoms with Crippen molar-refractivity contribution < 1.29 is 18.3 Å². The van der Waals surface area contributed by atoms with Gasteiger partial charge in [-0.2, -0.15) is 0 Å². The van der Waals surface area contributed by atoms with Crippen LogP contribution in [0.15, 0.2) is 35.6 Å². The maximum Gasteiger partial charge on any atom is 0.356 e. The zero-order valence-electron chi connectivity index (χ0n) is 10.9. The Bertz CT molecular complexity index is 806. The Balaban J connectivity index is 2.40. The quantitative estimate of drug-likeness (QED) is 0.864. The van der Waals surface area contributed by atoms with E-state index in [0.717, 1.165) is 11.8 Å². The molecule has 0 fully saturated rings. The standard InChI is InChI=1S/C13H11ClN2O4S/c1-8-3-2-4-9(5-8)7-21(19,20)13-15-6-10(14)11(16-13)12(17)18/h2-6H,7H2,1H3,(H,17,18). The maximum absolute atomic E-state index is 12.2. The third kappa shape index (κ3) is 3.56. The van der Waals surface area contributed by atoms with E-state index < -0.39 is 26.7 Å². The summed E-state index contributed by atoms with van der Waals surface area (Å²) in [6, 6.07) is 6.98. The molecule has 0 aliphatic rings. The molecule has 0 unspecified atom stereocenters. The molecule has 0 atom stereocenters. The van der Waals surface area contributed by atoms with E-state index >= 15 is 0 Å². The number of aromatic nitrogens is 2. The summed E-state index contributed by atoms with van der Waals surface area (Å²) in [5.41, 5.74) is 0.964. The fourth-order valence-corrected chi connectivity index (χ4v) is 3.10. The summed E-state index contributed by atoms with van der Waals surface area (Å²) in [5, 5.41) is 8.15. The van der Waals surface area contributed by atoms with Crippen molar-refractivity contribution in [2.75, 3.05) is 0 Å². The molecule has 0 aliphatic heterocycles. The van der Waals surface area contributed by atoms with E-state index in [0.29, 0.717) is 5.56 Å². The van der Waals surface area contributed by atoms with Crippen molar-refractivity contribution in [2.45, 2.75) is 17.8 Å². The molecule has 2 rings (SSSR count). The molecule has 110 valence electrons. The molecule has 0 amide bonds. The number of sulfone groups is 1. The Labute approximate surface area is 126 Å². The Kier molecular flexibility index (Phi) is 4.24. The second-order valence-corrected chi connectivity index (χ2v) is 6.69. The second kappa shape index (κ2) is 5.79. The summed E-state index contributed by atoms with van der Waals surface area (Å²) < 4.78 is 24.5. The van der Waals surface area contributed by atoms with E-state index in [-0.39, 0.29) is 10.8 Å². The van der Waals surface area contributed by atoms with Crippen LogP contribution in [-0.2, 0) is 15.6 Å². The number of benzene rings is 1. The molecule has 0 saturated heterocycles. The highest BCUT2D eigenvalue weighted by molar-refractivity contribution is 7.90. The lowest BCUT2D eigenvalue weighted by atomic mass is 10.2. The predicted octanol–water partition coefficient (Wildman–Crippen LogP) is 2.11. The van der Waals surface area contributed by atoms with Gasteiger partial charge in [0.25, 0.3) is 0 Å². The molecule has 0 aliphatic carbocycles. The molecule has 0 radical (unpaired) electrons. The van der Waals surface area contributed by atoms with E-state index in [4.69, 9.17) is 16.7 Å². The zero-order valence-corrected chi connectivity index (χ0v) is 12.5. The number of aryl methyl sites for hydroxylation is 1.